The van der Waals surface area contributed by atoms with Crippen LogP contribution in [0.1, 0.15) is 309 Å². The molecule has 1 heterocycles. The zero-order chi connectivity index (χ0) is 54.3. The van der Waals surface area contributed by atoms with Gasteiger partial charge in [-0.25, -0.2) is 0 Å². The molecule has 1 aliphatic rings. The lowest BCUT2D eigenvalue weighted by atomic mass is 9.99. The van der Waals surface area contributed by atoms with Crippen molar-refractivity contribution < 1.29 is 39.8 Å². The first-order chi connectivity index (χ1) is 36.8. The number of aliphatic hydroxyl groups is 5. The normalized spacial score (nSPS) is 19.2. The number of aliphatic hydroxyl groups excluding tert-OH is 5. The molecule has 6 N–H and O–H groups in total. The predicted molar refractivity (Wildman–Crippen MR) is 318 cm³/mol. The minimum atomic E-state index is -1.58. The van der Waals surface area contributed by atoms with Gasteiger partial charge in [0.2, 0.25) is 5.91 Å². The molecule has 0 saturated carbocycles. The monoisotopic (exact) mass is 1060 g/mol. The highest BCUT2D eigenvalue weighted by Gasteiger charge is 2.44. The van der Waals surface area contributed by atoms with E-state index in [2.05, 4.69) is 55.6 Å². The summed E-state index contributed by atoms with van der Waals surface area (Å²) in [5.41, 5.74) is 0. The molecule has 75 heavy (non-hydrogen) atoms. The largest absolute Gasteiger partial charge is 0.394 e. The number of unbranched alkanes of at least 4 members (excludes halogenated alkanes) is 40. The van der Waals surface area contributed by atoms with Gasteiger partial charge < -0.3 is 40.3 Å². The van der Waals surface area contributed by atoms with Gasteiger partial charge in [-0.3, -0.25) is 4.79 Å². The first kappa shape index (κ1) is 71.2. The summed E-state index contributed by atoms with van der Waals surface area (Å²) in [6, 6.07) is -0.829. The Balaban J connectivity index is 2.18. The van der Waals surface area contributed by atoms with Crippen LogP contribution in [0, 0.1) is 0 Å². The summed E-state index contributed by atoms with van der Waals surface area (Å²) in [6.45, 7) is 3.79. The van der Waals surface area contributed by atoms with Crippen molar-refractivity contribution in [3.05, 3.63) is 48.6 Å². The first-order valence-corrected chi connectivity index (χ1v) is 32.4. The Morgan fingerprint density at radius 2 is 0.760 bits per heavy atom. The number of amides is 1. The number of nitrogens with one attached hydrogen (secondary N) is 1. The molecule has 1 saturated heterocycles. The Labute approximate surface area is 463 Å². The highest BCUT2D eigenvalue weighted by atomic mass is 16.7. The minimum absolute atomic E-state index is 0.187. The summed E-state index contributed by atoms with van der Waals surface area (Å²) in [4.78, 5) is 13.1. The van der Waals surface area contributed by atoms with Gasteiger partial charge in [-0.2, -0.15) is 0 Å². The van der Waals surface area contributed by atoms with Crippen LogP contribution in [0.25, 0.3) is 0 Å². The van der Waals surface area contributed by atoms with Gasteiger partial charge in [0.05, 0.1) is 25.4 Å². The Morgan fingerprint density at radius 1 is 0.440 bits per heavy atom. The fourth-order valence-corrected chi connectivity index (χ4v) is 10.2. The second-order valence-electron chi connectivity index (χ2n) is 22.5. The van der Waals surface area contributed by atoms with Gasteiger partial charge in [-0.15, -0.1) is 0 Å². The number of carbonyl (C=O) groups is 1. The second-order valence-corrected chi connectivity index (χ2v) is 22.5. The molecule has 9 heteroatoms. The van der Waals surface area contributed by atoms with Gasteiger partial charge in [0, 0.05) is 6.42 Å². The molecular weight excluding hydrogens is 935 g/mol. The van der Waals surface area contributed by atoms with Crippen LogP contribution in [0.4, 0.5) is 0 Å². The number of hydrogen-bond donors (Lipinski definition) is 6. The van der Waals surface area contributed by atoms with E-state index in [0.717, 1.165) is 44.9 Å². The van der Waals surface area contributed by atoms with Crippen LogP contribution >= 0.6 is 0 Å². The van der Waals surface area contributed by atoms with Crippen LogP contribution in [-0.2, 0) is 14.3 Å². The maximum Gasteiger partial charge on any atom is 0.220 e. The van der Waals surface area contributed by atoms with Crippen LogP contribution < -0.4 is 5.32 Å². The molecule has 0 aromatic heterocycles. The van der Waals surface area contributed by atoms with Crippen molar-refractivity contribution in [2.75, 3.05) is 13.2 Å². The fourth-order valence-electron chi connectivity index (χ4n) is 10.2. The van der Waals surface area contributed by atoms with Crippen LogP contribution in [0.5, 0.6) is 0 Å². The molecule has 0 spiro atoms. The Kier molecular flexibility index (Phi) is 52.6. The minimum Gasteiger partial charge on any atom is -0.394 e. The number of hydrogen-bond acceptors (Lipinski definition) is 8. The number of carbonyl (C=O) groups excluding carboxylic acids is 1. The third kappa shape index (κ3) is 44.7. The highest BCUT2D eigenvalue weighted by molar-refractivity contribution is 5.76. The van der Waals surface area contributed by atoms with E-state index in [1.807, 2.05) is 6.08 Å². The van der Waals surface area contributed by atoms with Crippen LogP contribution in [0.15, 0.2) is 48.6 Å². The molecule has 0 aromatic rings. The van der Waals surface area contributed by atoms with Crippen LogP contribution in [0.3, 0.4) is 0 Å². The van der Waals surface area contributed by atoms with E-state index in [-0.39, 0.29) is 12.5 Å². The zero-order valence-electron chi connectivity index (χ0n) is 49.1. The Bertz CT molecular complexity index is 1320. The fraction of sp³-hybridized carbons (Fsp3) is 0.864. The molecule has 0 radical (unpaired) electrons. The average Bonchev–Trinajstić information content (AvgIpc) is 3.41. The van der Waals surface area contributed by atoms with Crippen LogP contribution in [-0.4, -0.2) is 87.5 Å². The summed E-state index contributed by atoms with van der Waals surface area (Å²) < 4.78 is 11.3. The third-order valence-electron chi connectivity index (χ3n) is 15.4. The third-order valence-corrected chi connectivity index (χ3v) is 15.4. The van der Waals surface area contributed by atoms with Gasteiger partial charge in [-0.05, 0) is 70.6 Å². The Morgan fingerprint density at radius 3 is 1.12 bits per heavy atom. The smallest absolute Gasteiger partial charge is 0.220 e. The number of ether oxygens (including phenoxy) is 2. The molecule has 1 fully saturated rings. The maximum atomic E-state index is 13.1. The summed E-state index contributed by atoms with van der Waals surface area (Å²) in [7, 11) is 0. The maximum absolute atomic E-state index is 13.1. The average molecular weight is 1060 g/mol. The molecule has 0 aromatic carbocycles. The summed E-state index contributed by atoms with van der Waals surface area (Å²) >= 11 is 0. The lowest BCUT2D eigenvalue weighted by molar-refractivity contribution is -0.302. The molecule has 9 nitrogen and oxygen atoms in total. The lowest BCUT2D eigenvalue weighted by Crippen LogP contribution is -2.60. The van der Waals surface area contributed by atoms with E-state index in [1.54, 1.807) is 6.08 Å². The zero-order valence-corrected chi connectivity index (χ0v) is 49.1. The van der Waals surface area contributed by atoms with Crippen molar-refractivity contribution >= 4 is 5.91 Å². The van der Waals surface area contributed by atoms with Crippen molar-refractivity contribution in [3.63, 3.8) is 0 Å². The van der Waals surface area contributed by atoms with E-state index in [0.29, 0.717) is 6.42 Å². The molecule has 440 valence electrons. The quantitative estimate of drug-likeness (QED) is 0.0261. The van der Waals surface area contributed by atoms with Crippen molar-refractivity contribution in [2.24, 2.45) is 0 Å². The molecule has 0 bridgehead atoms. The van der Waals surface area contributed by atoms with Crippen molar-refractivity contribution in [1.29, 1.82) is 0 Å². The lowest BCUT2D eigenvalue weighted by Gasteiger charge is -2.40. The highest BCUT2D eigenvalue weighted by Crippen LogP contribution is 2.23. The van der Waals surface area contributed by atoms with Gasteiger partial charge in [0.1, 0.15) is 24.4 Å². The van der Waals surface area contributed by atoms with Crippen molar-refractivity contribution in [3.8, 4) is 0 Å². The Hall–Kier alpha value is -1.85. The van der Waals surface area contributed by atoms with Gasteiger partial charge in [-0.1, -0.05) is 281 Å². The molecular formula is C66H123NO8. The van der Waals surface area contributed by atoms with Crippen molar-refractivity contribution in [1.82, 2.24) is 5.32 Å². The topological polar surface area (TPSA) is 149 Å². The number of rotatable bonds is 56. The van der Waals surface area contributed by atoms with E-state index < -0.39 is 49.5 Å². The number of allylic oxidation sites excluding steroid dienone is 7. The molecule has 7 unspecified atom stereocenters. The first-order valence-electron chi connectivity index (χ1n) is 32.4. The summed E-state index contributed by atoms with van der Waals surface area (Å²) in [5, 5.41) is 54.6. The van der Waals surface area contributed by atoms with Gasteiger partial charge >= 0.3 is 0 Å². The molecule has 1 rings (SSSR count). The van der Waals surface area contributed by atoms with Crippen molar-refractivity contribution in [2.45, 2.75) is 352 Å². The molecule has 0 aliphatic carbocycles. The second kappa shape index (κ2) is 55.5. The summed E-state index contributed by atoms with van der Waals surface area (Å²) in [6.07, 6.45) is 67.8. The van der Waals surface area contributed by atoms with E-state index in [4.69, 9.17) is 9.47 Å². The molecule has 1 amide bonds. The van der Waals surface area contributed by atoms with E-state index >= 15 is 0 Å². The molecule has 1 aliphatic heterocycles. The molecule has 7 atom stereocenters. The van der Waals surface area contributed by atoms with Gasteiger partial charge in [0.25, 0.3) is 0 Å². The van der Waals surface area contributed by atoms with E-state index in [1.165, 1.54) is 244 Å². The predicted octanol–water partition coefficient (Wildman–Crippen LogP) is 16.9. The SMILES string of the molecule is CCCCCCCCCCCCCC/C=C\CCCCCCCCCCCCCCCCC(=O)NC(COC1OC(CO)C(O)C(O)C1O)C(O)/C=C/CC/C=C/CC/C=C/CCCCCCCCCCCCCC. The van der Waals surface area contributed by atoms with Crippen LogP contribution in [0.2, 0.25) is 0 Å². The summed E-state index contributed by atoms with van der Waals surface area (Å²) in [5.74, 6) is -0.187. The standard InChI is InChI=1S/C66H123NO8/c1-3-5-7-9-11-13-15-17-19-21-23-25-27-28-29-30-31-32-33-34-36-38-40-42-44-46-48-50-52-54-56-62(70)67-59(58-74-66-65(73)64(72)63(71)61(57-68)75-66)60(69)55-53-51-49-47-45-43-41-39-37-35-26-24-22-20-18-16-14-12-10-8-6-4-2/h28-29,37,39,45,47,53,55,59-61,63-66,68-69,71-73H,3-27,30-36,38,40-44,46,48-52,54,56-58H2,1-2H3,(H,67,70)/b29-28-,39-37+,47-45+,55-53+. The van der Waals surface area contributed by atoms with E-state index in [9.17, 15) is 30.3 Å². The van der Waals surface area contributed by atoms with Gasteiger partial charge in [0.15, 0.2) is 6.29 Å².